The molecule has 0 aliphatic rings. The lowest BCUT2D eigenvalue weighted by atomic mass is 10.4. The van der Waals surface area contributed by atoms with E-state index in [0.29, 0.717) is 0 Å². The van der Waals surface area contributed by atoms with Gasteiger partial charge in [-0.05, 0) is 12.1 Å². The van der Waals surface area contributed by atoms with Gasteiger partial charge in [-0.1, -0.05) is 0 Å². The Morgan fingerprint density at radius 2 is 2.08 bits per heavy atom. The molecule has 0 aliphatic heterocycles. The Labute approximate surface area is 72.2 Å². The Morgan fingerprint density at radius 3 is 2.54 bits per heavy atom. The van der Waals surface area contributed by atoms with Gasteiger partial charge in [0.1, 0.15) is 18.1 Å². The molecule has 0 aromatic carbocycles. The van der Waals surface area contributed by atoms with Gasteiger partial charge in [0, 0.05) is 0 Å². The number of halogens is 3. The quantitative estimate of drug-likeness (QED) is 0.750. The smallest absolute Gasteiger partial charge is 0.405 e. The van der Waals surface area contributed by atoms with Gasteiger partial charge >= 0.3 is 6.18 Å². The second kappa shape index (κ2) is 3.51. The van der Waals surface area contributed by atoms with Gasteiger partial charge in [0.05, 0.1) is 6.20 Å². The van der Waals surface area contributed by atoms with Crippen molar-refractivity contribution in [3.05, 3.63) is 18.3 Å². The summed E-state index contributed by atoms with van der Waals surface area (Å²) in [5.41, 5.74) is 0. The Balaban J connectivity index is 2.51. The van der Waals surface area contributed by atoms with Gasteiger partial charge in [-0.3, -0.25) is 0 Å². The van der Waals surface area contributed by atoms with Crippen LogP contribution in [-0.2, 0) is 0 Å². The van der Waals surface area contributed by atoms with E-state index in [0.717, 1.165) is 6.20 Å². The van der Waals surface area contributed by atoms with Gasteiger partial charge < -0.3 is 10.4 Å². The molecule has 3 nitrogen and oxygen atoms in total. The minimum atomic E-state index is -4.26. The molecular weight excluding hydrogens is 185 g/mol. The summed E-state index contributed by atoms with van der Waals surface area (Å²) in [4.78, 5) is 3.52. The van der Waals surface area contributed by atoms with Crippen LogP contribution in [0.25, 0.3) is 0 Å². The molecular formula is C7H7F3N2O. The molecule has 0 unspecified atom stereocenters. The van der Waals surface area contributed by atoms with E-state index in [2.05, 4.69) is 10.3 Å². The molecule has 0 atom stereocenters. The molecule has 1 aromatic rings. The summed E-state index contributed by atoms with van der Waals surface area (Å²) in [5.74, 6) is -0.00677. The number of aromatic nitrogens is 1. The summed E-state index contributed by atoms with van der Waals surface area (Å²) >= 11 is 0. The van der Waals surface area contributed by atoms with Gasteiger partial charge in [0.15, 0.2) is 0 Å². The Morgan fingerprint density at radius 1 is 1.38 bits per heavy atom. The molecule has 13 heavy (non-hydrogen) atoms. The molecule has 0 bridgehead atoms. The van der Waals surface area contributed by atoms with Gasteiger partial charge in [-0.2, -0.15) is 13.2 Å². The highest BCUT2D eigenvalue weighted by molar-refractivity contribution is 5.36. The molecule has 6 heteroatoms. The first kappa shape index (κ1) is 9.63. The van der Waals surface area contributed by atoms with Crippen molar-refractivity contribution in [2.75, 3.05) is 11.9 Å². The molecule has 0 radical (unpaired) electrons. The second-order valence-corrected chi connectivity index (χ2v) is 2.37. The fraction of sp³-hybridized carbons (Fsp3) is 0.286. The lowest BCUT2D eigenvalue weighted by Crippen LogP contribution is -2.21. The molecule has 0 fully saturated rings. The molecule has 1 heterocycles. The molecule has 0 aliphatic carbocycles. The number of hydrogen-bond donors (Lipinski definition) is 2. The molecule has 1 aromatic heterocycles. The summed E-state index contributed by atoms with van der Waals surface area (Å²) < 4.78 is 35.0. The molecule has 0 saturated carbocycles. The van der Waals surface area contributed by atoms with Crippen LogP contribution in [0.4, 0.5) is 19.0 Å². The minimum absolute atomic E-state index is 0.0788. The number of pyridine rings is 1. The molecule has 0 spiro atoms. The summed E-state index contributed by atoms with van der Waals surface area (Å²) in [5, 5.41) is 10.8. The number of anilines is 1. The standard InChI is InChI=1S/C7H7F3N2O/c8-7(9,10)4-12-6-2-1-5(13)3-11-6/h1-3,13H,4H2,(H,11,12). The zero-order valence-corrected chi connectivity index (χ0v) is 6.47. The lowest BCUT2D eigenvalue weighted by Gasteiger charge is -2.07. The third kappa shape index (κ3) is 3.64. The van der Waals surface area contributed by atoms with Crippen LogP contribution in [0, 0.1) is 0 Å². The van der Waals surface area contributed by atoms with Crippen molar-refractivity contribution >= 4 is 5.82 Å². The van der Waals surface area contributed by atoms with E-state index >= 15 is 0 Å². The average Bonchev–Trinajstić information content (AvgIpc) is 2.02. The fourth-order valence-electron chi connectivity index (χ4n) is 0.681. The first-order valence-electron chi connectivity index (χ1n) is 3.43. The third-order valence-electron chi connectivity index (χ3n) is 1.22. The number of hydrogen-bond acceptors (Lipinski definition) is 3. The number of rotatable bonds is 2. The largest absolute Gasteiger partial charge is 0.506 e. The number of nitrogens with one attached hydrogen (secondary N) is 1. The Kier molecular flexibility index (Phi) is 2.60. The fourth-order valence-corrected chi connectivity index (χ4v) is 0.681. The molecule has 72 valence electrons. The van der Waals surface area contributed by atoms with E-state index in [1.165, 1.54) is 12.1 Å². The first-order chi connectivity index (χ1) is 5.97. The molecule has 1 rings (SSSR count). The summed E-state index contributed by atoms with van der Waals surface area (Å²) in [6.07, 6.45) is -3.20. The monoisotopic (exact) mass is 192 g/mol. The van der Waals surface area contributed by atoms with Crippen LogP contribution in [-0.4, -0.2) is 22.8 Å². The Hall–Kier alpha value is -1.46. The van der Waals surface area contributed by atoms with Crippen LogP contribution >= 0.6 is 0 Å². The maximum atomic E-state index is 11.7. The maximum Gasteiger partial charge on any atom is 0.405 e. The van der Waals surface area contributed by atoms with Crippen LogP contribution in [0.5, 0.6) is 5.75 Å². The zero-order chi connectivity index (χ0) is 9.90. The predicted molar refractivity (Wildman–Crippen MR) is 40.4 cm³/mol. The van der Waals surface area contributed by atoms with Crippen LogP contribution in [0.3, 0.4) is 0 Å². The van der Waals surface area contributed by atoms with Crippen LogP contribution in [0.15, 0.2) is 18.3 Å². The average molecular weight is 192 g/mol. The van der Waals surface area contributed by atoms with Crippen molar-refractivity contribution in [2.24, 2.45) is 0 Å². The van der Waals surface area contributed by atoms with Crippen molar-refractivity contribution in [2.45, 2.75) is 6.18 Å². The summed E-state index contributed by atoms with van der Waals surface area (Å²) in [6, 6.07) is 2.52. The van der Waals surface area contributed by atoms with Crippen molar-refractivity contribution in [3.63, 3.8) is 0 Å². The highest BCUT2D eigenvalue weighted by Crippen LogP contribution is 2.16. The maximum absolute atomic E-state index is 11.7. The van der Waals surface area contributed by atoms with E-state index in [-0.39, 0.29) is 11.6 Å². The summed E-state index contributed by atoms with van der Waals surface area (Å²) in [6.45, 7) is -1.13. The van der Waals surface area contributed by atoms with Gasteiger partial charge in [-0.25, -0.2) is 4.98 Å². The highest BCUT2D eigenvalue weighted by atomic mass is 19.4. The molecule has 0 amide bonds. The normalized spacial score (nSPS) is 11.3. The summed E-state index contributed by atoms with van der Waals surface area (Å²) in [7, 11) is 0. The van der Waals surface area contributed by atoms with E-state index in [1.807, 2.05) is 0 Å². The number of alkyl halides is 3. The van der Waals surface area contributed by atoms with E-state index in [4.69, 9.17) is 5.11 Å². The van der Waals surface area contributed by atoms with E-state index in [1.54, 1.807) is 0 Å². The first-order valence-corrected chi connectivity index (χ1v) is 3.43. The van der Waals surface area contributed by atoms with Crippen LogP contribution < -0.4 is 5.32 Å². The van der Waals surface area contributed by atoms with E-state index < -0.39 is 12.7 Å². The van der Waals surface area contributed by atoms with Crippen LogP contribution in [0.1, 0.15) is 0 Å². The molecule has 2 N–H and O–H groups in total. The van der Waals surface area contributed by atoms with Gasteiger partial charge in [0.2, 0.25) is 0 Å². The molecule has 0 saturated heterocycles. The third-order valence-corrected chi connectivity index (χ3v) is 1.22. The van der Waals surface area contributed by atoms with E-state index in [9.17, 15) is 13.2 Å². The predicted octanol–water partition coefficient (Wildman–Crippen LogP) is 1.76. The topological polar surface area (TPSA) is 45.1 Å². The SMILES string of the molecule is Oc1ccc(NCC(F)(F)F)nc1. The van der Waals surface area contributed by atoms with Crippen molar-refractivity contribution < 1.29 is 18.3 Å². The number of nitrogens with zero attached hydrogens (tertiary/aromatic N) is 1. The second-order valence-electron chi connectivity index (χ2n) is 2.37. The van der Waals surface area contributed by atoms with Crippen molar-refractivity contribution in [1.29, 1.82) is 0 Å². The zero-order valence-electron chi connectivity index (χ0n) is 6.47. The highest BCUT2D eigenvalue weighted by Gasteiger charge is 2.26. The van der Waals surface area contributed by atoms with Gasteiger partial charge in [0.25, 0.3) is 0 Å². The Bertz CT molecular complexity index is 270. The van der Waals surface area contributed by atoms with Crippen molar-refractivity contribution in [3.8, 4) is 5.75 Å². The van der Waals surface area contributed by atoms with Crippen LogP contribution in [0.2, 0.25) is 0 Å². The van der Waals surface area contributed by atoms with Gasteiger partial charge in [-0.15, -0.1) is 0 Å². The number of aromatic hydroxyl groups is 1. The lowest BCUT2D eigenvalue weighted by molar-refractivity contribution is -0.115. The van der Waals surface area contributed by atoms with Crippen molar-refractivity contribution in [1.82, 2.24) is 4.98 Å². The minimum Gasteiger partial charge on any atom is -0.506 e.